The minimum Gasteiger partial charge on any atom is -0.497 e. The van der Waals surface area contributed by atoms with E-state index >= 15 is 0 Å². The van der Waals surface area contributed by atoms with E-state index in [1.165, 1.54) is 11.8 Å². The maximum absolute atomic E-state index is 13.9. The Morgan fingerprint density at radius 3 is 2.43 bits per heavy atom. The van der Waals surface area contributed by atoms with Crippen molar-refractivity contribution in [1.29, 1.82) is 0 Å². The van der Waals surface area contributed by atoms with Crippen LogP contribution < -0.4 is 19.5 Å². The summed E-state index contributed by atoms with van der Waals surface area (Å²) in [4.78, 5) is 28.8. The molecule has 10 heteroatoms. The lowest BCUT2D eigenvalue weighted by Crippen LogP contribution is -2.56. The van der Waals surface area contributed by atoms with Gasteiger partial charge in [0.15, 0.2) is 22.9 Å². The van der Waals surface area contributed by atoms with Crippen LogP contribution in [0.3, 0.4) is 0 Å². The summed E-state index contributed by atoms with van der Waals surface area (Å²) in [5.41, 5.74) is -0.417. The third-order valence-corrected chi connectivity index (χ3v) is 7.57. The highest BCUT2D eigenvalue weighted by Crippen LogP contribution is 2.43. The monoisotopic (exact) mass is 538 g/mol. The summed E-state index contributed by atoms with van der Waals surface area (Å²) < 4.78 is 16.1. The number of ketones is 1. The van der Waals surface area contributed by atoms with Gasteiger partial charge in [-0.15, -0.1) is 0 Å². The topological polar surface area (TPSA) is 97.3 Å². The van der Waals surface area contributed by atoms with Crippen molar-refractivity contribution in [2.24, 2.45) is 0 Å². The molecule has 0 spiro atoms. The number of nitrogens with one attached hydrogen (secondary N) is 1. The number of benzene rings is 3. The lowest BCUT2D eigenvalue weighted by Gasteiger charge is -2.36. The van der Waals surface area contributed by atoms with E-state index in [4.69, 9.17) is 25.8 Å². The number of aliphatic carboxylic acids is 1. The molecule has 1 unspecified atom stereocenters. The van der Waals surface area contributed by atoms with E-state index in [1.807, 2.05) is 18.2 Å². The van der Waals surface area contributed by atoms with Crippen LogP contribution in [-0.4, -0.2) is 41.3 Å². The Hall–Kier alpha value is -3.82. The highest BCUT2D eigenvalue weighted by Gasteiger charge is 2.49. The van der Waals surface area contributed by atoms with Crippen LogP contribution in [-0.2, 0) is 11.3 Å². The van der Waals surface area contributed by atoms with Gasteiger partial charge in [0.2, 0.25) is 12.6 Å². The van der Waals surface area contributed by atoms with Gasteiger partial charge >= 0.3 is 5.97 Å². The first-order valence-corrected chi connectivity index (χ1v) is 12.5. The molecule has 0 radical (unpaired) electrons. The number of rotatable bonds is 8. The molecule has 0 fully saturated rings. The van der Waals surface area contributed by atoms with Crippen molar-refractivity contribution < 1.29 is 28.9 Å². The zero-order valence-corrected chi connectivity index (χ0v) is 21.6. The van der Waals surface area contributed by atoms with Gasteiger partial charge in [-0.25, -0.2) is 4.79 Å². The van der Waals surface area contributed by atoms with Crippen LogP contribution in [0.1, 0.15) is 22.8 Å². The Morgan fingerprint density at radius 2 is 1.78 bits per heavy atom. The number of fused-ring (bicyclic) bond motifs is 1. The SMILES string of the molecule is COc1ccc(SC2=C(C(=O)O)N(Cc3cc4c(cc3Cl)OCO4)C(C)(C(=O)c3ccccc3)N2)cc1. The van der Waals surface area contributed by atoms with E-state index in [9.17, 15) is 14.7 Å². The van der Waals surface area contributed by atoms with Crippen LogP contribution in [0.25, 0.3) is 0 Å². The van der Waals surface area contributed by atoms with Crippen LogP contribution in [0.5, 0.6) is 17.2 Å². The average Bonchev–Trinajstić information content (AvgIpc) is 3.46. The molecular weight excluding hydrogens is 516 g/mol. The quantitative estimate of drug-likeness (QED) is 0.378. The van der Waals surface area contributed by atoms with Crippen LogP contribution in [0.4, 0.5) is 0 Å². The van der Waals surface area contributed by atoms with Gasteiger partial charge in [-0.2, -0.15) is 0 Å². The van der Waals surface area contributed by atoms with Crippen molar-refractivity contribution in [2.75, 3.05) is 13.9 Å². The average molecular weight is 539 g/mol. The minimum atomic E-state index is -1.41. The molecule has 37 heavy (non-hydrogen) atoms. The molecule has 1 atom stereocenters. The molecule has 0 saturated carbocycles. The summed E-state index contributed by atoms with van der Waals surface area (Å²) in [6.45, 7) is 1.78. The maximum Gasteiger partial charge on any atom is 0.355 e. The summed E-state index contributed by atoms with van der Waals surface area (Å²) in [5.74, 6) is 0.246. The second kappa shape index (κ2) is 9.91. The van der Waals surface area contributed by atoms with Gasteiger partial charge in [0.05, 0.1) is 7.11 Å². The highest BCUT2D eigenvalue weighted by molar-refractivity contribution is 8.03. The second-order valence-electron chi connectivity index (χ2n) is 8.54. The van der Waals surface area contributed by atoms with E-state index in [0.717, 1.165) is 4.90 Å². The smallest absolute Gasteiger partial charge is 0.355 e. The Labute approximate surface area is 222 Å². The van der Waals surface area contributed by atoms with Crippen LogP contribution in [0.15, 0.2) is 82.4 Å². The molecule has 5 rings (SSSR count). The number of carbonyl (C=O) groups excluding carboxylic acids is 1. The van der Waals surface area contributed by atoms with Gasteiger partial charge in [0.25, 0.3) is 0 Å². The number of thioether (sulfide) groups is 1. The predicted molar refractivity (Wildman–Crippen MR) is 139 cm³/mol. The van der Waals surface area contributed by atoms with E-state index in [0.29, 0.717) is 38.4 Å². The Morgan fingerprint density at radius 1 is 1.11 bits per heavy atom. The molecule has 2 N–H and O–H groups in total. The predicted octanol–water partition coefficient (Wildman–Crippen LogP) is 5.13. The molecular formula is C27H23ClN2O6S. The first-order valence-electron chi connectivity index (χ1n) is 11.3. The number of halogens is 1. The van der Waals surface area contributed by atoms with E-state index in [2.05, 4.69) is 5.32 Å². The summed E-state index contributed by atoms with van der Waals surface area (Å²) in [5, 5.41) is 14.3. The van der Waals surface area contributed by atoms with Crippen molar-refractivity contribution in [3.8, 4) is 17.2 Å². The molecule has 0 saturated heterocycles. The molecule has 0 amide bonds. The molecule has 0 aliphatic carbocycles. The summed E-state index contributed by atoms with van der Waals surface area (Å²) in [6, 6.07) is 19.3. The normalized spacial score (nSPS) is 18.1. The molecule has 0 aromatic heterocycles. The number of carboxylic acid groups (broad SMARTS) is 1. The van der Waals surface area contributed by atoms with Gasteiger partial charge in [0.1, 0.15) is 10.8 Å². The zero-order chi connectivity index (χ0) is 26.2. The van der Waals surface area contributed by atoms with E-state index < -0.39 is 11.6 Å². The first kappa shape index (κ1) is 24.9. The number of carboxylic acids is 1. The number of hydrogen-bond acceptors (Lipinski definition) is 8. The first-order chi connectivity index (χ1) is 17.8. The largest absolute Gasteiger partial charge is 0.497 e. The van der Waals surface area contributed by atoms with E-state index in [1.54, 1.807) is 67.5 Å². The van der Waals surface area contributed by atoms with Crippen LogP contribution in [0.2, 0.25) is 5.02 Å². The molecule has 0 bridgehead atoms. The zero-order valence-electron chi connectivity index (χ0n) is 20.0. The van der Waals surface area contributed by atoms with Gasteiger partial charge in [-0.1, -0.05) is 53.7 Å². The number of nitrogens with zero attached hydrogens (tertiary/aromatic N) is 1. The van der Waals surface area contributed by atoms with Crippen molar-refractivity contribution in [3.63, 3.8) is 0 Å². The van der Waals surface area contributed by atoms with E-state index in [-0.39, 0.29) is 24.8 Å². The van der Waals surface area contributed by atoms with Gasteiger partial charge in [-0.05, 0) is 42.8 Å². The maximum atomic E-state index is 13.9. The number of carbonyl (C=O) groups is 2. The second-order valence-corrected chi connectivity index (χ2v) is 10.0. The standard InChI is InChI=1S/C27H23ClN2O6S/c1-27(24(31)16-6-4-3-5-7-16)29-25(37-19-10-8-18(34-2)9-11-19)23(26(32)33)30(27)14-17-12-21-22(13-20(17)28)36-15-35-21/h3-13,29H,14-15H2,1-2H3,(H,32,33). The fraction of sp³-hybridized carbons (Fsp3) is 0.185. The van der Waals surface area contributed by atoms with Gasteiger partial charge in [-0.3, -0.25) is 4.79 Å². The van der Waals surface area contributed by atoms with Crippen molar-refractivity contribution in [2.45, 2.75) is 24.0 Å². The number of hydrogen-bond donors (Lipinski definition) is 2. The molecule has 3 aromatic carbocycles. The van der Waals surface area contributed by atoms with Gasteiger partial charge in [0, 0.05) is 28.1 Å². The Bertz CT molecular complexity index is 1400. The fourth-order valence-electron chi connectivity index (χ4n) is 4.28. The minimum absolute atomic E-state index is 0.0336. The Balaban J connectivity index is 1.58. The number of ether oxygens (including phenoxy) is 3. The molecule has 190 valence electrons. The lowest BCUT2D eigenvalue weighted by atomic mass is 9.97. The van der Waals surface area contributed by atoms with Crippen LogP contribution >= 0.6 is 23.4 Å². The van der Waals surface area contributed by atoms with Gasteiger partial charge < -0.3 is 29.5 Å². The molecule has 8 nitrogen and oxygen atoms in total. The molecule has 2 aliphatic rings. The molecule has 2 aliphatic heterocycles. The number of Topliss-reactive ketones (excluding diaryl/α,β-unsaturated/α-hetero) is 1. The lowest BCUT2D eigenvalue weighted by molar-refractivity contribution is -0.134. The third kappa shape index (κ3) is 4.68. The van der Waals surface area contributed by atoms with Crippen molar-refractivity contribution in [3.05, 3.63) is 93.6 Å². The summed E-state index contributed by atoms with van der Waals surface area (Å²) >= 11 is 7.77. The Kier molecular flexibility index (Phi) is 6.66. The molecule has 3 aromatic rings. The summed E-state index contributed by atoms with van der Waals surface area (Å²) in [7, 11) is 1.57. The van der Waals surface area contributed by atoms with Crippen LogP contribution in [0, 0.1) is 0 Å². The summed E-state index contributed by atoms with van der Waals surface area (Å²) in [6.07, 6.45) is 0. The molecule has 2 heterocycles. The fourth-order valence-corrected chi connectivity index (χ4v) is 5.55. The van der Waals surface area contributed by atoms with Crippen molar-refractivity contribution >= 4 is 35.1 Å². The third-order valence-electron chi connectivity index (χ3n) is 6.21. The number of methoxy groups -OCH3 is 1. The van der Waals surface area contributed by atoms with Crippen molar-refractivity contribution in [1.82, 2.24) is 10.2 Å². The highest BCUT2D eigenvalue weighted by atomic mass is 35.5.